The van der Waals surface area contributed by atoms with E-state index in [9.17, 15) is 9.59 Å². The quantitative estimate of drug-likeness (QED) is 0.600. The zero-order valence-corrected chi connectivity index (χ0v) is 16.5. The Morgan fingerprint density at radius 2 is 1.75 bits per heavy atom. The first-order valence-corrected chi connectivity index (χ1v) is 9.73. The number of aromatic nitrogens is 3. The van der Waals surface area contributed by atoms with Crippen LogP contribution >= 0.6 is 11.8 Å². The highest BCUT2D eigenvalue weighted by atomic mass is 32.2. The largest absolute Gasteiger partial charge is 0.359 e. The summed E-state index contributed by atoms with van der Waals surface area (Å²) in [6.07, 6.45) is 1.95. The van der Waals surface area contributed by atoms with Crippen LogP contribution in [0.25, 0.3) is 5.69 Å². The van der Waals surface area contributed by atoms with Crippen LogP contribution < -0.4 is 10.6 Å². The maximum absolute atomic E-state index is 12.3. The average molecular weight is 395 g/mol. The van der Waals surface area contributed by atoms with Crippen LogP contribution in [-0.4, -0.2) is 39.4 Å². The summed E-state index contributed by atoms with van der Waals surface area (Å²) in [4.78, 5) is 23.6. The van der Waals surface area contributed by atoms with Crippen molar-refractivity contribution < 1.29 is 9.59 Å². The third-order valence-electron chi connectivity index (χ3n) is 4.04. The fourth-order valence-corrected chi connectivity index (χ4v) is 3.24. The summed E-state index contributed by atoms with van der Waals surface area (Å²) < 4.78 is 1.85. The number of anilines is 1. The van der Waals surface area contributed by atoms with Crippen LogP contribution in [0.1, 0.15) is 11.1 Å². The SMILES string of the molecule is CNC(=O)Cc1ccc(NC(=O)CSc2nncn2-c2ccc(C)cc2)cc1. The van der Waals surface area contributed by atoms with E-state index in [0.717, 1.165) is 11.3 Å². The Kier molecular flexibility index (Phi) is 6.44. The zero-order chi connectivity index (χ0) is 19.9. The van der Waals surface area contributed by atoms with Gasteiger partial charge in [-0.1, -0.05) is 41.6 Å². The number of thioether (sulfide) groups is 1. The number of amides is 2. The zero-order valence-electron chi connectivity index (χ0n) is 15.7. The second kappa shape index (κ2) is 9.18. The van der Waals surface area contributed by atoms with Crippen molar-refractivity contribution in [3.05, 3.63) is 66.0 Å². The number of benzene rings is 2. The molecule has 0 aliphatic heterocycles. The first-order valence-electron chi connectivity index (χ1n) is 8.74. The van der Waals surface area contributed by atoms with E-state index in [1.807, 2.05) is 47.9 Å². The van der Waals surface area contributed by atoms with E-state index in [1.165, 1.54) is 17.3 Å². The molecule has 8 heteroatoms. The molecule has 2 N–H and O–H groups in total. The fraction of sp³-hybridized carbons (Fsp3) is 0.200. The summed E-state index contributed by atoms with van der Waals surface area (Å²) in [7, 11) is 1.61. The van der Waals surface area contributed by atoms with Crippen LogP contribution in [0, 0.1) is 6.92 Å². The predicted molar refractivity (Wildman–Crippen MR) is 110 cm³/mol. The molecule has 0 fully saturated rings. The molecule has 2 amide bonds. The third kappa shape index (κ3) is 5.20. The van der Waals surface area contributed by atoms with Crippen molar-refractivity contribution in [2.24, 2.45) is 0 Å². The van der Waals surface area contributed by atoms with Gasteiger partial charge in [-0.15, -0.1) is 10.2 Å². The van der Waals surface area contributed by atoms with Gasteiger partial charge < -0.3 is 10.6 Å². The average Bonchev–Trinajstić information content (AvgIpc) is 3.17. The van der Waals surface area contributed by atoms with Gasteiger partial charge in [0.2, 0.25) is 11.8 Å². The van der Waals surface area contributed by atoms with Gasteiger partial charge in [0, 0.05) is 18.4 Å². The summed E-state index contributed by atoms with van der Waals surface area (Å²) in [5.41, 5.74) is 3.70. The van der Waals surface area contributed by atoms with Crippen LogP contribution in [0.3, 0.4) is 0 Å². The van der Waals surface area contributed by atoms with Gasteiger partial charge >= 0.3 is 0 Å². The molecular formula is C20H21N5O2S. The molecule has 7 nitrogen and oxygen atoms in total. The van der Waals surface area contributed by atoms with Crippen molar-refractivity contribution in [2.75, 3.05) is 18.1 Å². The van der Waals surface area contributed by atoms with Crippen LogP contribution in [-0.2, 0) is 16.0 Å². The van der Waals surface area contributed by atoms with Gasteiger partial charge in [-0.25, -0.2) is 0 Å². The fourth-order valence-electron chi connectivity index (χ4n) is 2.51. The number of nitrogens with one attached hydrogen (secondary N) is 2. The van der Waals surface area contributed by atoms with Gasteiger partial charge in [0.25, 0.3) is 0 Å². The summed E-state index contributed by atoms with van der Waals surface area (Å²) in [5, 5.41) is 14.1. The van der Waals surface area contributed by atoms with Crippen LogP contribution in [0.5, 0.6) is 0 Å². The number of rotatable bonds is 7. The number of aryl methyl sites for hydroxylation is 1. The lowest BCUT2D eigenvalue weighted by Gasteiger charge is -2.08. The molecule has 0 aliphatic carbocycles. The maximum Gasteiger partial charge on any atom is 0.234 e. The molecule has 0 saturated carbocycles. The molecule has 0 saturated heterocycles. The Hall–Kier alpha value is -3.13. The van der Waals surface area contributed by atoms with Crippen molar-refractivity contribution in [2.45, 2.75) is 18.5 Å². The minimum absolute atomic E-state index is 0.0501. The molecular weight excluding hydrogens is 374 g/mol. The topological polar surface area (TPSA) is 88.9 Å². The second-order valence-electron chi connectivity index (χ2n) is 6.20. The molecule has 3 aromatic rings. The van der Waals surface area contributed by atoms with Gasteiger partial charge in [0.1, 0.15) is 6.33 Å². The first kappa shape index (κ1) is 19.6. The maximum atomic E-state index is 12.3. The van der Waals surface area contributed by atoms with E-state index >= 15 is 0 Å². The lowest BCUT2D eigenvalue weighted by molar-refractivity contribution is -0.120. The van der Waals surface area contributed by atoms with E-state index in [-0.39, 0.29) is 17.6 Å². The Morgan fingerprint density at radius 3 is 2.43 bits per heavy atom. The van der Waals surface area contributed by atoms with Crippen molar-refractivity contribution in [3.63, 3.8) is 0 Å². The van der Waals surface area contributed by atoms with E-state index < -0.39 is 0 Å². The third-order valence-corrected chi connectivity index (χ3v) is 4.99. The molecule has 0 spiro atoms. The summed E-state index contributed by atoms with van der Waals surface area (Å²) in [6, 6.07) is 15.2. The monoisotopic (exact) mass is 395 g/mol. The number of carbonyl (C=O) groups is 2. The highest BCUT2D eigenvalue weighted by molar-refractivity contribution is 7.99. The van der Waals surface area contributed by atoms with Crippen molar-refractivity contribution >= 4 is 29.3 Å². The van der Waals surface area contributed by atoms with E-state index in [0.29, 0.717) is 17.3 Å². The number of hydrogen-bond acceptors (Lipinski definition) is 5. The summed E-state index contributed by atoms with van der Waals surface area (Å²) in [6.45, 7) is 2.03. The molecule has 0 unspecified atom stereocenters. The van der Waals surface area contributed by atoms with Crippen molar-refractivity contribution in [1.82, 2.24) is 20.1 Å². The minimum atomic E-state index is -0.137. The van der Waals surface area contributed by atoms with Crippen molar-refractivity contribution in [1.29, 1.82) is 0 Å². The molecule has 0 aliphatic rings. The lowest BCUT2D eigenvalue weighted by Crippen LogP contribution is -2.20. The number of nitrogens with zero attached hydrogens (tertiary/aromatic N) is 3. The molecule has 0 bridgehead atoms. The van der Waals surface area contributed by atoms with E-state index in [2.05, 4.69) is 20.8 Å². The van der Waals surface area contributed by atoms with Gasteiger partial charge in [-0.2, -0.15) is 0 Å². The normalized spacial score (nSPS) is 10.5. The highest BCUT2D eigenvalue weighted by Gasteiger charge is 2.10. The molecule has 144 valence electrons. The van der Waals surface area contributed by atoms with Gasteiger partial charge in [-0.05, 0) is 36.8 Å². The number of likely N-dealkylation sites (N-methyl/N-ethyl adjacent to an activating group) is 1. The smallest absolute Gasteiger partial charge is 0.234 e. The molecule has 2 aromatic carbocycles. The van der Waals surface area contributed by atoms with Crippen LogP contribution in [0.15, 0.2) is 60.0 Å². The first-order chi connectivity index (χ1) is 13.5. The Labute approximate surface area is 167 Å². The molecule has 1 aromatic heterocycles. The second-order valence-corrected chi connectivity index (χ2v) is 7.15. The van der Waals surface area contributed by atoms with Gasteiger partial charge in [0.15, 0.2) is 5.16 Å². The highest BCUT2D eigenvalue weighted by Crippen LogP contribution is 2.20. The lowest BCUT2D eigenvalue weighted by atomic mass is 10.1. The van der Waals surface area contributed by atoms with E-state index in [1.54, 1.807) is 25.5 Å². The van der Waals surface area contributed by atoms with Crippen molar-refractivity contribution in [3.8, 4) is 5.69 Å². The summed E-state index contributed by atoms with van der Waals surface area (Å²) in [5.74, 6) is 0.0262. The Morgan fingerprint density at radius 1 is 1.04 bits per heavy atom. The molecule has 0 atom stereocenters. The van der Waals surface area contributed by atoms with Crippen LogP contribution in [0.4, 0.5) is 5.69 Å². The minimum Gasteiger partial charge on any atom is -0.359 e. The van der Waals surface area contributed by atoms with Crippen LogP contribution in [0.2, 0.25) is 0 Å². The Bertz CT molecular complexity index is 951. The number of carbonyl (C=O) groups excluding carboxylic acids is 2. The number of hydrogen-bond donors (Lipinski definition) is 2. The van der Waals surface area contributed by atoms with Gasteiger partial charge in [-0.3, -0.25) is 14.2 Å². The molecule has 28 heavy (non-hydrogen) atoms. The molecule has 0 radical (unpaired) electrons. The predicted octanol–water partition coefficient (Wildman–Crippen LogP) is 2.60. The van der Waals surface area contributed by atoms with Gasteiger partial charge in [0.05, 0.1) is 12.2 Å². The standard InChI is InChI=1S/C20H21N5O2S/c1-14-3-9-17(10-4-14)25-13-22-24-20(25)28-12-19(27)23-16-7-5-15(6-8-16)11-18(26)21-2/h3-10,13H,11-12H2,1-2H3,(H,21,26)(H,23,27). The summed E-state index contributed by atoms with van der Waals surface area (Å²) >= 11 is 1.32. The molecule has 1 heterocycles. The molecule has 3 rings (SSSR count). The Balaban J connectivity index is 1.56. The van der Waals surface area contributed by atoms with E-state index in [4.69, 9.17) is 0 Å².